The highest BCUT2D eigenvalue weighted by Gasteiger charge is 2.08. The highest BCUT2D eigenvalue weighted by atomic mass is 16.6. The zero-order chi connectivity index (χ0) is 10.6. The fourth-order valence-corrected chi connectivity index (χ4v) is 0.982. The summed E-state index contributed by atoms with van der Waals surface area (Å²) in [4.78, 5) is 20.0. The number of hydrogen-bond acceptors (Lipinski definition) is 4. The molecule has 0 aliphatic rings. The lowest BCUT2D eigenvalue weighted by molar-refractivity contribution is -0.384. The van der Waals surface area contributed by atoms with E-state index in [0.717, 1.165) is 5.56 Å². The Morgan fingerprint density at radius 2 is 2.29 bits per heavy atom. The SMILES string of the molecule is Cc1ccc([N+](=O)[O-])cc1OCC=O. The molecule has 0 atom stereocenters. The number of non-ortho nitro benzene ring substituents is 1. The smallest absolute Gasteiger partial charge is 0.273 e. The molecule has 5 nitrogen and oxygen atoms in total. The molecular formula is C9H9NO4. The van der Waals surface area contributed by atoms with E-state index in [1.165, 1.54) is 12.1 Å². The summed E-state index contributed by atoms with van der Waals surface area (Å²) >= 11 is 0. The highest BCUT2D eigenvalue weighted by Crippen LogP contribution is 2.23. The zero-order valence-corrected chi connectivity index (χ0v) is 7.60. The molecule has 0 radical (unpaired) electrons. The summed E-state index contributed by atoms with van der Waals surface area (Å²) < 4.78 is 5.00. The van der Waals surface area contributed by atoms with E-state index in [1.807, 2.05) is 0 Å². The molecule has 0 unspecified atom stereocenters. The fraction of sp³-hybridized carbons (Fsp3) is 0.222. The minimum atomic E-state index is -0.507. The number of ether oxygens (including phenoxy) is 1. The van der Waals surface area contributed by atoms with Gasteiger partial charge in [-0.15, -0.1) is 0 Å². The molecule has 74 valence electrons. The molecule has 0 aliphatic carbocycles. The van der Waals surface area contributed by atoms with Gasteiger partial charge in [0.05, 0.1) is 11.0 Å². The molecule has 0 amide bonds. The van der Waals surface area contributed by atoms with Crippen LogP contribution in [0.25, 0.3) is 0 Å². The number of hydrogen-bond donors (Lipinski definition) is 0. The standard InChI is InChI=1S/C9H9NO4/c1-7-2-3-8(10(12)13)6-9(7)14-5-4-11/h2-4,6H,5H2,1H3. The largest absolute Gasteiger partial charge is 0.486 e. The molecule has 0 saturated heterocycles. The van der Waals surface area contributed by atoms with Gasteiger partial charge in [0.15, 0.2) is 6.29 Å². The summed E-state index contributed by atoms with van der Waals surface area (Å²) in [6.45, 7) is 1.66. The minimum absolute atomic E-state index is 0.0449. The summed E-state index contributed by atoms with van der Waals surface area (Å²) in [5, 5.41) is 10.4. The average Bonchev–Trinajstić information content (AvgIpc) is 2.16. The van der Waals surface area contributed by atoms with E-state index in [1.54, 1.807) is 13.0 Å². The quantitative estimate of drug-likeness (QED) is 0.414. The Morgan fingerprint density at radius 3 is 2.86 bits per heavy atom. The predicted molar refractivity (Wildman–Crippen MR) is 49.4 cm³/mol. The minimum Gasteiger partial charge on any atom is -0.486 e. The fourth-order valence-electron chi connectivity index (χ4n) is 0.982. The Kier molecular flexibility index (Phi) is 3.17. The Labute approximate surface area is 80.5 Å². The summed E-state index contributed by atoms with van der Waals surface area (Å²) in [5.74, 6) is 0.367. The number of benzene rings is 1. The van der Waals surface area contributed by atoms with Crippen molar-refractivity contribution in [3.05, 3.63) is 33.9 Å². The lowest BCUT2D eigenvalue weighted by Gasteiger charge is -2.04. The normalized spacial score (nSPS) is 9.50. The van der Waals surface area contributed by atoms with Gasteiger partial charge in [0.1, 0.15) is 12.4 Å². The number of aryl methyl sites for hydroxylation is 1. The van der Waals surface area contributed by atoms with E-state index < -0.39 is 4.92 Å². The topological polar surface area (TPSA) is 69.4 Å². The maximum Gasteiger partial charge on any atom is 0.273 e. The number of nitro groups is 1. The van der Waals surface area contributed by atoms with Crippen LogP contribution in [0.3, 0.4) is 0 Å². The van der Waals surface area contributed by atoms with Gasteiger partial charge < -0.3 is 4.74 Å². The number of rotatable bonds is 4. The van der Waals surface area contributed by atoms with Gasteiger partial charge in [-0.3, -0.25) is 14.9 Å². The molecule has 0 aliphatic heterocycles. The van der Waals surface area contributed by atoms with Crippen molar-refractivity contribution in [3.63, 3.8) is 0 Å². The van der Waals surface area contributed by atoms with Crippen molar-refractivity contribution in [1.29, 1.82) is 0 Å². The first-order valence-electron chi connectivity index (χ1n) is 3.96. The third-order valence-corrected chi connectivity index (χ3v) is 1.69. The zero-order valence-electron chi connectivity index (χ0n) is 7.60. The maximum atomic E-state index is 10.4. The van der Waals surface area contributed by atoms with Crippen LogP contribution in [-0.2, 0) is 4.79 Å². The monoisotopic (exact) mass is 195 g/mol. The van der Waals surface area contributed by atoms with E-state index >= 15 is 0 Å². The van der Waals surface area contributed by atoms with Crippen LogP contribution in [0.2, 0.25) is 0 Å². The van der Waals surface area contributed by atoms with E-state index in [-0.39, 0.29) is 12.3 Å². The third kappa shape index (κ3) is 2.29. The molecule has 1 rings (SSSR count). The number of carbonyl (C=O) groups excluding carboxylic acids is 1. The van der Waals surface area contributed by atoms with Gasteiger partial charge >= 0.3 is 0 Å². The number of nitrogens with zero attached hydrogens (tertiary/aromatic N) is 1. The summed E-state index contributed by atoms with van der Waals surface area (Å²) in [6.07, 6.45) is 0.596. The van der Waals surface area contributed by atoms with Crippen LogP contribution in [0, 0.1) is 17.0 Å². The first kappa shape index (κ1) is 10.2. The summed E-state index contributed by atoms with van der Waals surface area (Å²) in [6, 6.07) is 4.28. The molecule has 0 saturated carbocycles. The van der Waals surface area contributed by atoms with Gasteiger partial charge in [-0.1, -0.05) is 0 Å². The molecule has 1 aromatic carbocycles. The van der Waals surface area contributed by atoms with Crippen molar-refractivity contribution in [2.24, 2.45) is 0 Å². The van der Waals surface area contributed by atoms with Crippen molar-refractivity contribution < 1.29 is 14.5 Å². The van der Waals surface area contributed by atoms with Crippen LogP contribution in [0.15, 0.2) is 18.2 Å². The molecular weight excluding hydrogens is 186 g/mol. The third-order valence-electron chi connectivity index (χ3n) is 1.69. The van der Waals surface area contributed by atoms with Crippen LogP contribution in [-0.4, -0.2) is 17.8 Å². The van der Waals surface area contributed by atoms with Crippen molar-refractivity contribution in [1.82, 2.24) is 0 Å². The second-order valence-corrected chi connectivity index (χ2v) is 2.68. The van der Waals surface area contributed by atoms with Gasteiger partial charge in [-0.25, -0.2) is 0 Å². The lowest BCUT2D eigenvalue weighted by atomic mass is 10.2. The van der Waals surface area contributed by atoms with Crippen molar-refractivity contribution in [3.8, 4) is 5.75 Å². The Hall–Kier alpha value is -1.91. The van der Waals surface area contributed by atoms with Gasteiger partial charge in [-0.2, -0.15) is 0 Å². The van der Waals surface area contributed by atoms with E-state index in [9.17, 15) is 14.9 Å². The second kappa shape index (κ2) is 4.36. The Balaban J connectivity index is 2.95. The van der Waals surface area contributed by atoms with Crippen LogP contribution in [0.5, 0.6) is 5.75 Å². The number of carbonyl (C=O) groups is 1. The summed E-state index contributed by atoms with van der Waals surface area (Å²) in [7, 11) is 0. The van der Waals surface area contributed by atoms with Crippen LogP contribution >= 0.6 is 0 Å². The molecule has 5 heteroatoms. The average molecular weight is 195 g/mol. The maximum absolute atomic E-state index is 10.4. The first-order valence-corrected chi connectivity index (χ1v) is 3.96. The molecule has 0 spiro atoms. The van der Waals surface area contributed by atoms with Crippen LogP contribution < -0.4 is 4.74 Å². The molecule has 1 aromatic rings. The Bertz CT molecular complexity index is 362. The molecule has 0 N–H and O–H groups in total. The Morgan fingerprint density at radius 1 is 1.57 bits per heavy atom. The first-order chi connectivity index (χ1) is 6.65. The highest BCUT2D eigenvalue weighted by molar-refractivity contribution is 5.52. The van der Waals surface area contributed by atoms with Gasteiger partial charge in [0, 0.05) is 6.07 Å². The van der Waals surface area contributed by atoms with Crippen LogP contribution in [0.1, 0.15) is 5.56 Å². The second-order valence-electron chi connectivity index (χ2n) is 2.68. The van der Waals surface area contributed by atoms with Gasteiger partial charge in [0.25, 0.3) is 5.69 Å². The van der Waals surface area contributed by atoms with Crippen molar-refractivity contribution in [2.45, 2.75) is 6.92 Å². The van der Waals surface area contributed by atoms with E-state index in [2.05, 4.69) is 0 Å². The number of aldehydes is 1. The van der Waals surface area contributed by atoms with E-state index in [0.29, 0.717) is 12.0 Å². The van der Waals surface area contributed by atoms with Gasteiger partial charge in [0.2, 0.25) is 0 Å². The molecule has 0 aromatic heterocycles. The molecule has 0 fully saturated rings. The van der Waals surface area contributed by atoms with Crippen molar-refractivity contribution in [2.75, 3.05) is 6.61 Å². The summed E-state index contributed by atoms with van der Waals surface area (Å²) in [5.41, 5.74) is 0.717. The lowest BCUT2D eigenvalue weighted by Crippen LogP contribution is -2.00. The molecule has 14 heavy (non-hydrogen) atoms. The van der Waals surface area contributed by atoms with Crippen molar-refractivity contribution >= 4 is 12.0 Å². The molecule has 0 heterocycles. The number of nitro benzene ring substituents is 1. The van der Waals surface area contributed by atoms with E-state index in [4.69, 9.17) is 4.74 Å². The molecule has 0 bridgehead atoms. The van der Waals surface area contributed by atoms with Crippen LogP contribution in [0.4, 0.5) is 5.69 Å². The van der Waals surface area contributed by atoms with Gasteiger partial charge in [-0.05, 0) is 18.6 Å². The predicted octanol–water partition coefficient (Wildman–Crippen LogP) is 1.48.